The van der Waals surface area contributed by atoms with E-state index in [9.17, 15) is 0 Å². The summed E-state index contributed by atoms with van der Waals surface area (Å²) in [4.78, 5) is 11.7. The molecule has 2 N–H and O–H groups in total. The third-order valence-electron chi connectivity index (χ3n) is 6.16. The van der Waals surface area contributed by atoms with Crippen molar-refractivity contribution in [1.82, 2.24) is 20.5 Å². The SMILES string of the molecule is CN=C(NCc1ncccc1C)NCC1(N2CCCCC2)CCCCC1. The van der Waals surface area contributed by atoms with Crippen molar-refractivity contribution < 1.29 is 0 Å². The lowest BCUT2D eigenvalue weighted by Gasteiger charge is -2.48. The van der Waals surface area contributed by atoms with Crippen LogP contribution >= 0.6 is 0 Å². The predicted octanol–water partition coefficient (Wildman–Crippen LogP) is 3.24. The Hall–Kier alpha value is -1.62. The summed E-state index contributed by atoms with van der Waals surface area (Å²) >= 11 is 0. The van der Waals surface area contributed by atoms with Gasteiger partial charge in [0.1, 0.15) is 0 Å². The zero-order valence-electron chi connectivity index (χ0n) is 16.6. The summed E-state index contributed by atoms with van der Waals surface area (Å²) in [5.74, 6) is 0.886. The lowest BCUT2D eigenvalue weighted by molar-refractivity contribution is 0.0368. The number of nitrogens with one attached hydrogen (secondary N) is 2. The first-order valence-electron chi connectivity index (χ1n) is 10.3. The Kier molecular flexibility index (Phi) is 6.89. The van der Waals surface area contributed by atoms with Gasteiger partial charge in [0.25, 0.3) is 0 Å². The molecule has 2 aliphatic rings. The molecule has 0 radical (unpaired) electrons. The van der Waals surface area contributed by atoms with E-state index in [1.165, 1.54) is 70.0 Å². The highest BCUT2D eigenvalue weighted by molar-refractivity contribution is 5.79. The van der Waals surface area contributed by atoms with Crippen LogP contribution in [0.5, 0.6) is 0 Å². The van der Waals surface area contributed by atoms with Crippen LogP contribution in [0.25, 0.3) is 0 Å². The maximum atomic E-state index is 4.47. The Morgan fingerprint density at radius 2 is 1.85 bits per heavy atom. The summed E-state index contributed by atoms with van der Waals surface area (Å²) in [6.45, 7) is 6.34. The highest BCUT2D eigenvalue weighted by Gasteiger charge is 2.38. The van der Waals surface area contributed by atoms with Gasteiger partial charge in [0.2, 0.25) is 0 Å². The molecule has 0 spiro atoms. The molecule has 2 fully saturated rings. The number of rotatable bonds is 5. The molecule has 26 heavy (non-hydrogen) atoms. The third kappa shape index (κ3) is 4.76. The number of guanidine groups is 1. The average Bonchev–Trinajstić information content (AvgIpc) is 2.71. The fraction of sp³-hybridized carbons (Fsp3) is 0.714. The fourth-order valence-corrected chi connectivity index (χ4v) is 4.52. The van der Waals surface area contributed by atoms with Gasteiger partial charge >= 0.3 is 0 Å². The van der Waals surface area contributed by atoms with Gasteiger partial charge in [0.05, 0.1) is 12.2 Å². The van der Waals surface area contributed by atoms with Crippen molar-refractivity contribution in [3.8, 4) is 0 Å². The number of hydrogen-bond acceptors (Lipinski definition) is 3. The summed E-state index contributed by atoms with van der Waals surface area (Å²) in [7, 11) is 1.86. The van der Waals surface area contributed by atoms with E-state index >= 15 is 0 Å². The Morgan fingerprint density at radius 3 is 2.54 bits per heavy atom. The quantitative estimate of drug-likeness (QED) is 0.627. The van der Waals surface area contributed by atoms with E-state index in [1.54, 1.807) is 0 Å². The molecule has 0 amide bonds. The molecular weight excluding hydrogens is 322 g/mol. The minimum absolute atomic E-state index is 0.317. The number of aryl methyl sites for hydroxylation is 1. The van der Waals surface area contributed by atoms with Gasteiger partial charge in [0.15, 0.2) is 5.96 Å². The standard InChI is InChI=1S/C21H35N5/c1-18-10-9-13-23-19(18)16-24-20(22-2)25-17-21(11-5-3-6-12-21)26-14-7-4-8-15-26/h9-10,13H,3-8,11-12,14-17H2,1-2H3,(H2,22,24,25). The Labute approximate surface area is 158 Å². The molecule has 2 heterocycles. The van der Waals surface area contributed by atoms with E-state index in [1.807, 2.05) is 19.3 Å². The second kappa shape index (κ2) is 9.36. The molecule has 0 bridgehead atoms. The van der Waals surface area contributed by atoms with Gasteiger partial charge < -0.3 is 10.6 Å². The molecule has 1 saturated carbocycles. The van der Waals surface area contributed by atoms with Gasteiger partial charge in [0, 0.05) is 25.3 Å². The smallest absolute Gasteiger partial charge is 0.191 e. The maximum Gasteiger partial charge on any atom is 0.191 e. The molecule has 1 aromatic rings. The summed E-state index contributed by atoms with van der Waals surface area (Å²) in [6.07, 6.45) is 12.7. The van der Waals surface area contributed by atoms with Crippen LogP contribution in [-0.2, 0) is 6.54 Å². The van der Waals surface area contributed by atoms with Crippen LogP contribution in [-0.4, -0.2) is 48.1 Å². The molecule has 1 aliphatic heterocycles. The van der Waals surface area contributed by atoms with Crippen molar-refractivity contribution in [1.29, 1.82) is 0 Å². The van der Waals surface area contributed by atoms with Crippen LogP contribution in [0.2, 0.25) is 0 Å². The summed E-state index contributed by atoms with van der Waals surface area (Å²) in [6, 6.07) is 4.09. The molecule has 0 aromatic carbocycles. The van der Waals surface area contributed by atoms with Gasteiger partial charge in [-0.2, -0.15) is 0 Å². The van der Waals surface area contributed by atoms with Crippen molar-refractivity contribution in [3.05, 3.63) is 29.6 Å². The number of pyridine rings is 1. The molecule has 1 aliphatic carbocycles. The summed E-state index contributed by atoms with van der Waals surface area (Å²) in [5.41, 5.74) is 2.61. The number of likely N-dealkylation sites (tertiary alicyclic amines) is 1. The van der Waals surface area contributed by atoms with E-state index in [0.717, 1.165) is 18.2 Å². The van der Waals surface area contributed by atoms with Gasteiger partial charge in [-0.05, 0) is 57.3 Å². The Morgan fingerprint density at radius 1 is 1.12 bits per heavy atom. The average molecular weight is 358 g/mol. The normalized spacial score (nSPS) is 21.4. The minimum Gasteiger partial charge on any atom is -0.355 e. The van der Waals surface area contributed by atoms with Crippen LogP contribution in [0.1, 0.15) is 62.6 Å². The van der Waals surface area contributed by atoms with E-state index in [2.05, 4.69) is 38.5 Å². The highest BCUT2D eigenvalue weighted by atomic mass is 15.3. The first-order chi connectivity index (χ1) is 12.7. The lowest BCUT2D eigenvalue weighted by atomic mass is 9.79. The first-order valence-corrected chi connectivity index (χ1v) is 10.3. The van der Waals surface area contributed by atoms with E-state index < -0.39 is 0 Å². The van der Waals surface area contributed by atoms with Crippen LogP contribution in [0.4, 0.5) is 0 Å². The summed E-state index contributed by atoms with van der Waals surface area (Å²) < 4.78 is 0. The highest BCUT2D eigenvalue weighted by Crippen LogP contribution is 2.35. The lowest BCUT2D eigenvalue weighted by Crippen LogP contribution is -2.59. The molecule has 5 heteroatoms. The number of nitrogens with zero attached hydrogens (tertiary/aromatic N) is 3. The summed E-state index contributed by atoms with van der Waals surface area (Å²) in [5, 5.41) is 7.08. The third-order valence-corrected chi connectivity index (χ3v) is 6.16. The molecule has 0 unspecified atom stereocenters. The predicted molar refractivity (Wildman–Crippen MR) is 108 cm³/mol. The second-order valence-electron chi connectivity index (χ2n) is 7.88. The molecule has 0 atom stereocenters. The molecule has 1 saturated heterocycles. The molecule has 5 nitrogen and oxygen atoms in total. The van der Waals surface area contributed by atoms with Gasteiger partial charge in [-0.15, -0.1) is 0 Å². The monoisotopic (exact) mass is 357 g/mol. The van der Waals surface area contributed by atoms with Crippen molar-refractivity contribution in [2.45, 2.75) is 70.4 Å². The fourth-order valence-electron chi connectivity index (χ4n) is 4.52. The van der Waals surface area contributed by atoms with Crippen LogP contribution < -0.4 is 10.6 Å². The zero-order chi connectivity index (χ0) is 18.2. The van der Waals surface area contributed by atoms with E-state index in [0.29, 0.717) is 12.1 Å². The van der Waals surface area contributed by atoms with Gasteiger partial charge in [-0.3, -0.25) is 14.9 Å². The molecule has 1 aromatic heterocycles. The van der Waals surface area contributed by atoms with Gasteiger partial charge in [-0.1, -0.05) is 31.7 Å². The van der Waals surface area contributed by atoms with E-state index in [4.69, 9.17) is 0 Å². The zero-order valence-corrected chi connectivity index (χ0v) is 16.6. The molecular formula is C21H35N5. The van der Waals surface area contributed by atoms with Crippen LogP contribution in [0, 0.1) is 6.92 Å². The molecule has 3 rings (SSSR count). The number of aliphatic imine (C=N–C) groups is 1. The van der Waals surface area contributed by atoms with Crippen molar-refractivity contribution in [2.24, 2.45) is 4.99 Å². The number of piperidine rings is 1. The van der Waals surface area contributed by atoms with Crippen molar-refractivity contribution >= 4 is 5.96 Å². The maximum absolute atomic E-state index is 4.47. The Bertz CT molecular complexity index is 586. The van der Waals surface area contributed by atoms with Crippen LogP contribution in [0.15, 0.2) is 23.3 Å². The number of aromatic nitrogens is 1. The number of hydrogen-bond donors (Lipinski definition) is 2. The van der Waals surface area contributed by atoms with Gasteiger partial charge in [-0.25, -0.2) is 0 Å². The van der Waals surface area contributed by atoms with E-state index in [-0.39, 0.29) is 0 Å². The Balaban J connectivity index is 1.58. The first kappa shape index (κ1) is 19.2. The van der Waals surface area contributed by atoms with Crippen molar-refractivity contribution in [2.75, 3.05) is 26.7 Å². The minimum atomic E-state index is 0.317. The molecule has 144 valence electrons. The van der Waals surface area contributed by atoms with Crippen molar-refractivity contribution in [3.63, 3.8) is 0 Å². The van der Waals surface area contributed by atoms with Crippen LogP contribution in [0.3, 0.4) is 0 Å². The topological polar surface area (TPSA) is 52.6 Å². The second-order valence-corrected chi connectivity index (χ2v) is 7.88. The largest absolute Gasteiger partial charge is 0.355 e.